The number of pyridine rings is 1. The van der Waals surface area contributed by atoms with Gasteiger partial charge in [0.1, 0.15) is 5.82 Å². The van der Waals surface area contributed by atoms with E-state index in [2.05, 4.69) is 15.6 Å². The quantitative estimate of drug-likeness (QED) is 0.618. The van der Waals surface area contributed by atoms with Crippen LogP contribution in [0.5, 0.6) is 0 Å². The number of rotatable bonds is 4. The van der Waals surface area contributed by atoms with Crippen LogP contribution >= 0.6 is 23.2 Å². The number of aromatic nitrogens is 1. The molecule has 25 heavy (non-hydrogen) atoms. The molecule has 0 saturated carbocycles. The Labute approximate surface area is 155 Å². The lowest BCUT2D eigenvalue weighted by atomic mass is 10.2. The second-order valence-electron chi connectivity index (χ2n) is 5.48. The molecule has 0 bridgehead atoms. The van der Waals surface area contributed by atoms with Crippen LogP contribution in [0.15, 0.2) is 60.8 Å². The normalized spacial score (nSPS) is 10.4. The van der Waals surface area contributed by atoms with E-state index in [0.717, 1.165) is 11.3 Å². The maximum absolute atomic E-state index is 12.2. The standard InChI is InChI=1S/C19H15Cl2N3O/c1-12-2-7-15(10-17(12)21)23-18-9-8-16(11-22-18)24-19(25)13-3-5-14(20)6-4-13/h2-11H,1H3,(H,22,23)(H,24,25). The second kappa shape index (κ2) is 7.55. The second-order valence-corrected chi connectivity index (χ2v) is 6.33. The summed E-state index contributed by atoms with van der Waals surface area (Å²) in [6.45, 7) is 1.95. The number of carbonyl (C=O) groups is 1. The molecule has 2 N–H and O–H groups in total. The summed E-state index contributed by atoms with van der Waals surface area (Å²) in [6, 6.07) is 16.0. The lowest BCUT2D eigenvalue weighted by Crippen LogP contribution is -2.11. The zero-order valence-electron chi connectivity index (χ0n) is 13.4. The number of halogens is 2. The highest BCUT2D eigenvalue weighted by Gasteiger charge is 2.06. The van der Waals surface area contributed by atoms with Crippen LogP contribution in [0.25, 0.3) is 0 Å². The molecule has 126 valence electrons. The minimum absolute atomic E-state index is 0.218. The van der Waals surface area contributed by atoms with Crippen LogP contribution in [0.3, 0.4) is 0 Å². The summed E-state index contributed by atoms with van der Waals surface area (Å²) in [5, 5.41) is 7.24. The molecule has 0 unspecified atom stereocenters. The predicted octanol–water partition coefficient (Wildman–Crippen LogP) is 5.69. The van der Waals surface area contributed by atoms with Gasteiger partial charge < -0.3 is 10.6 Å². The topological polar surface area (TPSA) is 54.0 Å². The number of anilines is 3. The van der Waals surface area contributed by atoms with Gasteiger partial charge in [0.05, 0.1) is 11.9 Å². The first-order valence-electron chi connectivity index (χ1n) is 7.57. The van der Waals surface area contributed by atoms with Crippen LogP contribution in [-0.2, 0) is 0 Å². The van der Waals surface area contributed by atoms with Gasteiger partial charge in [0.2, 0.25) is 0 Å². The molecular formula is C19H15Cl2N3O. The van der Waals surface area contributed by atoms with E-state index in [4.69, 9.17) is 23.2 Å². The molecule has 2 aromatic carbocycles. The highest BCUT2D eigenvalue weighted by molar-refractivity contribution is 6.31. The number of benzene rings is 2. The van der Waals surface area contributed by atoms with E-state index in [0.29, 0.717) is 27.1 Å². The van der Waals surface area contributed by atoms with Crippen LogP contribution in [0.2, 0.25) is 10.0 Å². The van der Waals surface area contributed by atoms with E-state index < -0.39 is 0 Å². The molecule has 1 aromatic heterocycles. The molecule has 4 nitrogen and oxygen atoms in total. The number of hydrogen-bond acceptors (Lipinski definition) is 3. The first kappa shape index (κ1) is 17.3. The summed E-state index contributed by atoms with van der Waals surface area (Å²) in [7, 11) is 0. The van der Waals surface area contributed by atoms with Crippen molar-refractivity contribution in [2.75, 3.05) is 10.6 Å². The third kappa shape index (κ3) is 4.50. The first-order valence-corrected chi connectivity index (χ1v) is 8.33. The fraction of sp³-hybridized carbons (Fsp3) is 0.0526. The Kier molecular flexibility index (Phi) is 5.22. The summed E-state index contributed by atoms with van der Waals surface area (Å²) in [4.78, 5) is 16.5. The van der Waals surface area contributed by atoms with E-state index in [1.807, 2.05) is 25.1 Å². The number of hydrogen-bond donors (Lipinski definition) is 2. The average molecular weight is 372 g/mol. The lowest BCUT2D eigenvalue weighted by Gasteiger charge is -2.09. The lowest BCUT2D eigenvalue weighted by molar-refractivity contribution is 0.102. The molecule has 1 amide bonds. The van der Waals surface area contributed by atoms with E-state index in [-0.39, 0.29) is 5.91 Å². The number of nitrogens with one attached hydrogen (secondary N) is 2. The van der Waals surface area contributed by atoms with Gasteiger partial charge in [0, 0.05) is 21.3 Å². The van der Waals surface area contributed by atoms with Crippen LogP contribution in [0.4, 0.5) is 17.2 Å². The maximum Gasteiger partial charge on any atom is 0.255 e. The first-order chi connectivity index (χ1) is 12.0. The fourth-order valence-electron chi connectivity index (χ4n) is 2.16. The SMILES string of the molecule is Cc1ccc(Nc2ccc(NC(=O)c3ccc(Cl)cc3)cn2)cc1Cl. The Morgan fingerprint density at radius 2 is 1.68 bits per heavy atom. The Morgan fingerprint density at radius 3 is 2.32 bits per heavy atom. The largest absolute Gasteiger partial charge is 0.340 e. The number of carbonyl (C=O) groups excluding carboxylic acids is 1. The summed E-state index contributed by atoms with van der Waals surface area (Å²) in [5.41, 5.74) is 3.00. The summed E-state index contributed by atoms with van der Waals surface area (Å²) >= 11 is 11.9. The van der Waals surface area contributed by atoms with Crippen molar-refractivity contribution in [1.29, 1.82) is 0 Å². The van der Waals surface area contributed by atoms with Gasteiger partial charge in [-0.1, -0.05) is 29.3 Å². The average Bonchev–Trinajstić information content (AvgIpc) is 2.60. The molecule has 0 aliphatic rings. The number of amides is 1. The molecule has 0 saturated heterocycles. The monoisotopic (exact) mass is 371 g/mol. The fourth-order valence-corrected chi connectivity index (χ4v) is 2.47. The van der Waals surface area contributed by atoms with Gasteiger partial charge in [-0.2, -0.15) is 0 Å². The van der Waals surface area contributed by atoms with Gasteiger partial charge in [-0.25, -0.2) is 4.98 Å². The van der Waals surface area contributed by atoms with Crippen molar-refractivity contribution in [2.24, 2.45) is 0 Å². The smallest absolute Gasteiger partial charge is 0.255 e. The highest BCUT2D eigenvalue weighted by Crippen LogP contribution is 2.23. The van der Waals surface area contributed by atoms with Gasteiger partial charge in [-0.15, -0.1) is 0 Å². The number of aryl methyl sites for hydroxylation is 1. The van der Waals surface area contributed by atoms with Gasteiger partial charge in [0.15, 0.2) is 0 Å². The van der Waals surface area contributed by atoms with E-state index in [9.17, 15) is 4.79 Å². The van der Waals surface area contributed by atoms with Crippen molar-refractivity contribution in [1.82, 2.24) is 4.98 Å². The molecule has 0 atom stereocenters. The van der Waals surface area contributed by atoms with Crippen molar-refractivity contribution < 1.29 is 4.79 Å². The van der Waals surface area contributed by atoms with Crippen LogP contribution in [-0.4, -0.2) is 10.9 Å². The predicted molar refractivity (Wildman–Crippen MR) is 103 cm³/mol. The van der Waals surface area contributed by atoms with E-state index >= 15 is 0 Å². The molecule has 6 heteroatoms. The Morgan fingerprint density at radius 1 is 0.960 bits per heavy atom. The van der Waals surface area contributed by atoms with Gasteiger partial charge in [-0.3, -0.25) is 4.79 Å². The van der Waals surface area contributed by atoms with Crippen LogP contribution in [0, 0.1) is 6.92 Å². The molecule has 3 aromatic rings. The zero-order chi connectivity index (χ0) is 17.8. The van der Waals surface area contributed by atoms with Crippen LogP contribution in [0.1, 0.15) is 15.9 Å². The molecule has 3 rings (SSSR count). The minimum Gasteiger partial charge on any atom is -0.340 e. The van der Waals surface area contributed by atoms with Crippen molar-refractivity contribution >= 4 is 46.3 Å². The third-order valence-electron chi connectivity index (χ3n) is 3.57. The van der Waals surface area contributed by atoms with Crippen molar-refractivity contribution in [3.63, 3.8) is 0 Å². The Bertz CT molecular complexity index is 894. The Balaban J connectivity index is 1.66. The molecule has 1 heterocycles. The van der Waals surface area contributed by atoms with E-state index in [1.54, 1.807) is 42.6 Å². The summed E-state index contributed by atoms with van der Waals surface area (Å²) < 4.78 is 0. The summed E-state index contributed by atoms with van der Waals surface area (Å²) in [6.07, 6.45) is 1.59. The van der Waals surface area contributed by atoms with Crippen LogP contribution < -0.4 is 10.6 Å². The molecule has 0 aliphatic carbocycles. The van der Waals surface area contributed by atoms with Gasteiger partial charge in [-0.05, 0) is 61.0 Å². The maximum atomic E-state index is 12.2. The van der Waals surface area contributed by atoms with E-state index in [1.165, 1.54) is 0 Å². The van der Waals surface area contributed by atoms with Crippen molar-refractivity contribution in [3.05, 3.63) is 82.0 Å². The molecule has 0 radical (unpaired) electrons. The summed E-state index contributed by atoms with van der Waals surface area (Å²) in [5.74, 6) is 0.439. The molecule has 0 aliphatic heterocycles. The minimum atomic E-state index is -0.218. The van der Waals surface area contributed by atoms with Gasteiger partial charge >= 0.3 is 0 Å². The van der Waals surface area contributed by atoms with Crippen molar-refractivity contribution in [3.8, 4) is 0 Å². The van der Waals surface area contributed by atoms with Gasteiger partial charge in [0.25, 0.3) is 5.91 Å². The van der Waals surface area contributed by atoms with Crippen molar-refractivity contribution in [2.45, 2.75) is 6.92 Å². The third-order valence-corrected chi connectivity index (χ3v) is 4.23. The highest BCUT2D eigenvalue weighted by atomic mass is 35.5. The number of nitrogens with zero attached hydrogens (tertiary/aromatic N) is 1. The zero-order valence-corrected chi connectivity index (χ0v) is 14.9. The Hall–Kier alpha value is -2.56. The molecular weight excluding hydrogens is 357 g/mol. The molecule has 0 fully saturated rings. The molecule has 0 spiro atoms.